The quantitative estimate of drug-likeness (QED) is 0.417. The van der Waals surface area contributed by atoms with Gasteiger partial charge in [0.15, 0.2) is 0 Å². The van der Waals surface area contributed by atoms with Gasteiger partial charge in [0.2, 0.25) is 0 Å². The molecule has 5 rings (SSSR count). The molecule has 6 nitrogen and oxygen atoms in total. The van der Waals surface area contributed by atoms with E-state index in [1.165, 1.54) is 0 Å². The van der Waals surface area contributed by atoms with E-state index < -0.39 is 0 Å². The molecule has 0 saturated carbocycles. The second-order valence-corrected chi connectivity index (χ2v) is 7.66. The third-order valence-electron chi connectivity index (χ3n) is 5.56. The van der Waals surface area contributed by atoms with E-state index in [4.69, 9.17) is 14.5 Å². The summed E-state index contributed by atoms with van der Waals surface area (Å²) in [6.45, 7) is 0. The lowest BCUT2D eigenvalue weighted by Gasteiger charge is -2.27. The average molecular weight is 437 g/mol. The van der Waals surface area contributed by atoms with Crippen molar-refractivity contribution in [3.63, 3.8) is 0 Å². The molecule has 0 bridgehead atoms. The molecule has 0 amide bonds. The highest BCUT2D eigenvalue weighted by molar-refractivity contribution is 6.13. The second kappa shape index (κ2) is 9.04. The molecule has 0 spiro atoms. The van der Waals surface area contributed by atoms with E-state index in [9.17, 15) is 0 Å². The Labute approximate surface area is 192 Å². The zero-order chi connectivity index (χ0) is 22.6. The number of anilines is 2. The maximum absolute atomic E-state index is 5.41. The average Bonchev–Trinajstić information content (AvgIpc) is 2.89. The van der Waals surface area contributed by atoms with Crippen LogP contribution in [0.2, 0.25) is 0 Å². The summed E-state index contributed by atoms with van der Waals surface area (Å²) in [5, 5.41) is 7.03. The number of hydrogen-bond donors (Lipinski definition) is 2. The number of hydrogen-bond acceptors (Lipinski definition) is 6. The van der Waals surface area contributed by atoms with Crippen molar-refractivity contribution in [2.75, 3.05) is 24.9 Å². The van der Waals surface area contributed by atoms with Gasteiger partial charge in [-0.05, 0) is 53.6 Å². The first-order chi connectivity index (χ1) is 16.2. The number of rotatable bonds is 5. The van der Waals surface area contributed by atoms with Gasteiger partial charge in [0.1, 0.15) is 23.5 Å². The third kappa shape index (κ3) is 4.36. The lowest BCUT2D eigenvalue weighted by atomic mass is 9.99. The highest BCUT2D eigenvalue weighted by atomic mass is 16.5. The summed E-state index contributed by atoms with van der Waals surface area (Å²) >= 11 is 0. The van der Waals surface area contributed by atoms with E-state index in [1.807, 2.05) is 60.8 Å². The number of benzene rings is 3. The number of amidine groups is 1. The van der Waals surface area contributed by atoms with Gasteiger partial charge in [0, 0.05) is 41.0 Å². The van der Waals surface area contributed by atoms with Crippen molar-refractivity contribution in [2.45, 2.75) is 6.17 Å². The molecule has 1 unspecified atom stereocenters. The maximum Gasteiger partial charge on any atom is 0.148 e. The minimum Gasteiger partial charge on any atom is -0.497 e. The Bertz CT molecular complexity index is 1300. The topological polar surface area (TPSA) is 67.8 Å². The van der Waals surface area contributed by atoms with Gasteiger partial charge in [-0.15, -0.1) is 0 Å². The molecule has 0 saturated heterocycles. The van der Waals surface area contributed by atoms with Crippen LogP contribution in [-0.4, -0.2) is 25.0 Å². The van der Waals surface area contributed by atoms with Crippen LogP contribution in [0.25, 0.3) is 11.1 Å². The summed E-state index contributed by atoms with van der Waals surface area (Å²) < 4.78 is 10.8. The van der Waals surface area contributed by atoms with Crippen LogP contribution in [-0.2, 0) is 0 Å². The molecule has 0 radical (unpaired) electrons. The predicted molar refractivity (Wildman–Crippen MR) is 132 cm³/mol. The fraction of sp³-hybridized carbons (Fsp3) is 0.111. The van der Waals surface area contributed by atoms with Gasteiger partial charge in [0.25, 0.3) is 0 Å². The summed E-state index contributed by atoms with van der Waals surface area (Å²) in [7, 11) is 3.34. The highest BCUT2D eigenvalue weighted by Crippen LogP contribution is 2.34. The number of nitrogens with one attached hydrogen (secondary N) is 2. The van der Waals surface area contributed by atoms with Crippen molar-refractivity contribution in [1.29, 1.82) is 0 Å². The zero-order valence-corrected chi connectivity index (χ0v) is 18.4. The van der Waals surface area contributed by atoms with E-state index in [-0.39, 0.29) is 6.17 Å². The first kappa shape index (κ1) is 20.6. The SMILES string of the molecule is COc1cccc(NC2=NC(c3cccnc3)Nc3ccc(-c4cccc(OC)c4)cc32)c1. The number of nitrogens with zero attached hydrogens (tertiary/aromatic N) is 2. The van der Waals surface area contributed by atoms with Gasteiger partial charge in [-0.3, -0.25) is 4.98 Å². The fourth-order valence-electron chi connectivity index (χ4n) is 3.86. The summed E-state index contributed by atoms with van der Waals surface area (Å²) in [5.74, 6) is 2.38. The molecule has 0 fully saturated rings. The Morgan fingerprint density at radius 2 is 1.61 bits per heavy atom. The number of fused-ring (bicyclic) bond motifs is 1. The molecular weight excluding hydrogens is 412 g/mol. The number of ether oxygens (including phenoxy) is 2. The molecule has 1 aliphatic rings. The highest BCUT2D eigenvalue weighted by Gasteiger charge is 2.23. The van der Waals surface area contributed by atoms with Crippen LogP contribution in [0.15, 0.2) is 96.2 Å². The first-order valence-corrected chi connectivity index (χ1v) is 10.7. The van der Waals surface area contributed by atoms with Gasteiger partial charge in [-0.1, -0.05) is 30.3 Å². The van der Waals surface area contributed by atoms with Crippen molar-refractivity contribution in [3.05, 3.63) is 102 Å². The summed E-state index contributed by atoms with van der Waals surface area (Å²) in [6.07, 6.45) is 3.35. The van der Waals surface area contributed by atoms with Crippen LogP contribution in [0, 0.1) is 0 Å². The summed E-state index contributed by atoms with van der Waals surface area (Å²) in [5.41, 5.74) is 6.03. The van der Waals surface area contributed by atoms with Gasteiger partial charge >= 0.3 is 0 Å². The molecule has 33 heavy (non-hydrogen) atoms. The van der Waals surface area contributed by atoms with Crippen LogP contribution in [0.4, 0.5) is 11.4 Å². The Morgan fingerprint density at radius 3 is 2.39 bits per heavy atom. The normalized spacial score (nSPS) is 14.5. The smallest absolute Gasteiger partial charge is 0.148 e. The number of methoxy groups -OCH3 is 2. The number of aliphatic imine (C=N–C) groups is 1. The van der Waals surface area contributed by atoms with Crippen molar-refractivity contribution in [2.24, 2.45) is 4.99 Å². The Kier molecular flexibility index (Phi) is 5.64. The zero-order valence-electron chi connectivity index (χ0n) is 18.4. The Balaban J connectivity index is 1.57. The van der Waals surface area contributed by atoms with E-state index in [0.717, 1.165) is 51.0 Å². The van der Waals surface area contributed by atoms with Gasteiger partial charge in [-0.25, -0.2) is 4.99 Å². The van der Waals surface area contributed by atoms with Crippen molar-refractivity contribution in [1.82, 2.24) is 4.98 Å². The van der Waals surface area contributed by atoms with Crippen LogP contribution in [0.5, 0.6) is 11.5 Å². The molecule has 2 N–H and O–H groups in total. The summed E-state index contributed by atoms with van der Waals surface area (Å²) in [6, 6.07) is 26.1. The Morgan fingerprint density at radius 1 is 0.818 bits per heavy atom. The van der Waals surface area contributed by atoms with Crippen molar-refractivity contribution >= 4 is 17.2 Å². The van der Waals surface area contributed by atoms with Gasteiger partial charge in [-0.2, -0.15) is 0 Å². The monoisotopic (exact) mass is 436 g/mol. The minimum atomic E-state index is -0.248. The van der Waals surface area contributed by atoms with Crippen molar-refractivity contribution in [3.8, 4) is 22.6 Å². The molecule has 1 aliphatic heterocycles. The molecular formula is C27H24N4O2. The fourth-order valence-corrected chi connectivity index (χ4v) is 3.86. The third-order valence-corrected chi connectivity index (χ3v) is 5.56. The molecule has 164 valence electrons. The molecule has 4 aromatic rings. The summed E-state index contributed by atoms with van der Waals surface area (Å²) in [4.78, 5) is 9.26. The molecule has 1 atom stereocenters. The Hall–Kier alpha value is -4.32. The first-order valence-electron chi connectivity index (χ1n) is 10.7. The van der Waals surface area contributed by atoms with Crippen LogP contribution in [0.3, 0.4) is 0 Å². The molecule has 3 aromatic carbocycles. The molecule has 6 heteroatoms. The van der Waals surface area contributed by atoms with E-state index in [0.29, 0.717) is 0 Å². The second-order valence-electron chi connectivity index (χ2n) is 7.66. The number of aromatic nitrogens is 1. The van der Waals surface area contributed by atoms with Crippen LogP contribution >= 0.6 is 0 Å². The van der Waals surface area contributed by atoms with Gasteiger partial charge in [0.05, 0.1) is 14.2 Å². The molecule has 1 aromatic heterocycles. The maximum atomic E-state index is 5.41. The van der Waals surface area contributed by atoms with E-state index >= 15 is 0 Å². The lowest BCUT2D eigenvalue weighted by molar-refractivity contribution is 0.415. The van der Waals surface area contributed by atoms with Crippen LogP contribution in [0.1, 0.15) is 17.3 Å². The van der Waals surface area contributed by atoms with E-state index in [2.05, 4.69) is 39.9 Å². The molecule has 2 heterocycles. The largest absolute Gasteiger partial charge is 0.497 e. The van der Waals surface area contributed by atoms with E-state index in [1.54, 1.807) is 20.4 Å². The van der Waals surface area contributed by atoms with Gasteiger partial charge < -0.3 is 20.1 Å². The lowest BCUT2D eigenvalue weighted by Crippen LogP contribution is -2.25. The van der Waals surface area contributed by atoms with Crippen LogP contribution < -0.4 is 20.1 Å². The van der Waals surface area contributed by atoms with Crippen molar-refractivity contribution < 1.29 is 9.47 Å². The molecule has 0 aliphatic carbocycles. The standard InChI is InChI=1S/C27H24N4O2/c1-32-22-9-3-6-18(14-22)19-11-12-25-24(15-19)27(29-21-8-4-10-23(16-21)33-2)31-26(30-25)20-7-5-13-28-17-20/h3-17,26,30H,1-2H3,(H,29,31). The number of pyridine rings is 1. The predicted octanol–water partition coefficient (Wildman–Crippen LogP) is 5.75. The minimum absolute atomic E-state index is 0.248.